The fourth-order valence-corrected chi connectivity index (χ4v) is 4.20. The molecule has 0 heterocycles. The zero-order valence-electron chi connectivity index (χ0n) is 21.8. The zero-order valence-corrected chi connectivity index (χ0v) is 21.8. The van der Waals surface area contributed by atoms with E-state index in [1.807, 2.05) is 12.1 Å². The van der Waals surface area contributed by atoms with Crippen molar-refractivity contribution in [1.29, 1.82) is 0 Å². The highest BCUT2D eigenvalue weighted by Crippen LogP contribution is 2.40. The Morgan fingerprint density at radius 2 is 1.38 bits per heavy atom. The predicted molar refractivity (Wildman–Crippen MR) is 141 cm³/mol. The van der Waals surface area contributed by atoms with Crippen LogP contribution in [0.2, 0.25) is 0 Å². The lowest BCUT2D eigenvalue weighted by atomic mass is 9.77. The topological polar surface area (TPSA) is 112 Å². The van der Waals surface area contributed by atoms with Gasteiger partial charge in [0.1, 0.15) is 37.9 Å². The highest BCUT2D eigenvalue weighted by molar-refractivity contribution is 5.88. The third-order valence-corrected chi connectivity index (χ3v) is 6.33. The van der Waals surface area contributed by atoms with Gasteiger partial charge in [-0.2, -0.15) is 0 Å². The molecule has 0 unspecified atom stereocenters. The zero-order chi connectivity index (χ0) is 27.0. The highest BCUT2D eigenvalue weighted by atomic mass is 16.6. The number of aliphatic hydroxyl groups is 2. The molecule has 8 nitrogen and oxygen atoms in total. The average molecular weight is 517 g/mol. The lowest BCUT2D eigenvalue weighted by Crippen LogP contribution is -2.16. The van der Waals surface area contributed by atoms with Crippen molar-refractivity contribution >= 4 is 11.9 Å². The minimum Gasteiger partial charge on any atom is -0.490 e. The molecular formula is C29H40O8. The van der Waals surface area contributed by atoms with Gasteiger partial charge in [0.05, 0.1) is 24.4 Å². The van der Waals surface area contributed by atoms with E-state index < -0.39 is 25.2 Å². The van der Waals surface area contributed by atoms with E-state index in [-0.39, 0.29) is 37.6 Å². The first-order valence-corrected chi connectivity index (χ1v) is 12.8. The Morgan fingerprint density at radius 3 is 1.84 bits per heavy atom. The number of hydrogen-bond acceptors (Lipinski definition) is 8. The third-order valence-electron chi connectivity index (χ3n) is 6.33. The Labute approximate surface area is 219 Å². The molecule has 1 saturated carbocycles. The maximum absolute atomic E-state index is 11.6. The van der Waals surface area contributed by atoms with Crippen molar-refractivity contribution in [2.45, 2.75) is 51.4 Å². The number of benzene rings is 1. The van der Waals surface area contributed by atoms with Crippen LogP contribution in [0.5, 0.6) is 11.5 Å². The molecule has 0 radical (unpaired) electrons. The Morgan fingerprint density at radius 1 is 0.865 bits per heavy atom. The van der Waals surface area contributed by atoms with E-state index in [1.165, 1.54) is 19.3 Å². The van der Waals surface area contributed by atoms with E-state index in [9.17, 15) is 9.59 Å². The first kappa shape index (κ1) is 30.1. The maximum atomic E-state index is 11.6. The van der Waals surface area contributed by atoms with Crippen molar-refractivity contribution < 1.29 is 38.7 Å². The largest absolute Gasteiger partial charge is 0.490 e. The van der Waals surface area contributed by atoms with Crippen molar-refractivity contribution in [2.75, 3.05) is 39.6 Å². The van der Waals surface area contributed by atoms with Gasteiger partial charge in [0.15, 0.2) is 0 Å². The molecule has 0 atom stereocenters. The highest BCUT2D eigenvalue weighted by Gasteiger charge is 2.23. The van der Waals surface area contributed by atoms with Crippen LogP contribution in [0, 0.1) is 5.92 Å². The quantitative estimate of drug-likeness (QED) is 0.145. The van der Waals surface area contributed by atoms with Gasteiger partial charge in [0.2, 0.25) is 0 Å². The number of allylic oxidation sites excluding steroid dienone is 2. The summed E-state index contributed by atoms with van der Waals surface area (Å²) in [7, 11) is 0. The summed E-state index contributed by atoms with van der Waals surface area (Å²) in [5.74, 6) is 0.993. The summed E-state index contributed by atoms with van der Waals surface area (Å²) in [6, 6.07) is 5.74. The first-order valence-electron chi connectivity index (χ1n) is 12.8. The average Bonchev–Trinajstić information content (AvgIpc) is 2.92. The Balaban J connectivity index is 1.99. The lowest BCUT2D eigenvalue weighted by molar-refractivity contribution is -0.141. The monoisotopic (exact) mass is 516 g/mol. The molecule has 1 aromatic rings. The molecule has 37 heavy (non-hydrogen) atoms. The number of carbonyl (C=O) groups excluding carboxylic acids is 2. The molecule has 1 fully saturated rings. The summed E-state index contributed by atoms with van der Waals surface area (Å²) in [5, 5.41) is 17.9. The van der Waals surface area contributed by atoms with E-state index in [0.717, 1.165) is 30.7 Å². The molecule has 0 amide bonds. The molecule has 8 heteroatoms. The van der Waals surface area contributed by atoms with Crippen molar-refractivity contribution in [3.05, 3.63) is 60.2 Å². The van der Waals surface area contributed by atoms with Crippen LogP contribution in [0.15, 0.2) is 54.7 Å². The predicted octanol–water partition coefficient (Wildman–Crippen LogP) is 4.26. The second-order valence-corrected chi connectivity index (χ2v) is 9.09. The van der Waals surface area contributed by atoms with Gasteiger partial charge >= 0.3 is 11.9 Å². The standard InChI is InChI=1S/C29H40O8/c1-4-5-6-7-23-8-10-24(11-9-23)25-16-26(34-12-14-36-28(32)21(2)19-30)18-27(17-25)35-13-15-37-29(33)22(3)20-31/h4-5,16-18,23-24,30-31H,2-3,6-15,19-20H2,1H3/b5-4+. The van der Waals surface area contributed by atoms with Crippen LogP contribution < -0.4 is 9.47 Å². The van der Waals surface area contributed by atoms with E-state index in [0.29, 0.717) is 17.4 Å². The molecule has 0 saturated heterocycles. The van der Waals surface area contributed by atoms with Crippen LogP contribution in [0.1, 0.15) is 56.9 Å². The Hall–Kier alpha value is -3.10. The van der Waals surface area contributed by atoms with E-state index in [4.69, 9.17) is 29.2 Å². The first-order chi connectivity index (χ1) is 17.9. The summed E-state index contributed by atoms with van der Waals surface area (Å²) in [6.45, 7) is 8.31. The van der Waals surface area contributed by atoms with Crippen LogP contribution in [-0.2, 0) is 19.1 Å². The third kappa shape index (κ3) is 10.8. The Kier molecular flexibility index (Phi) is 13.5. The minimum absolute atomic E-state index is 0.0118. The second-order valence-electron chi connectivity index (χ2n) is 9.09. The molecule has 1 aliphatic rings. The van der Waals surface area contributed by atoms with Gasteiger partial charge in [0.25, 0.3) is 0 Å². The lowest BCUT2D eigenvalue weighted by Gasteiger charge is -2.29. The summed E-state index contributed by atoms with van der Waals surface area (Å²) < 4.78 is 21.8. The van der Waals surface area contributed by atoms with Crippen molar-refractivity contribution in [1.82, 2.24) is 0 Å². The van der Waals surface area contributed by atoms with E-state index in [1.54, 1.807) is 6.07 Å². The summed E-state index contributed by atoms with van der Waals surface area (Å²) in [6.07, 6.45) is 11.2. The van der Waals surface area contributed by atoms with Crippen LogP contribution in [0.3, 0.4) is 0 Å². The van der Waals surface area contributed by atoms with Gasteiger partial charge < -0.3 is 29.2 Å². The number of rotatable bonds is 16. The summed E-state index contributed by atoms with van der Waals surface area (Å²) >= 11 is 0. The van der Waals surface area contributed by atoms with Gasteiger partial charge in [-0.1, -0.05) is 25.3 Å². The van der Waals surface area contributed by atoms with Gasteiger partial charge in [-0.3, -0.25) is 0 Å². The van der Waals surface area contributed by atoms with Crippen molar-refractivity contribution in [3.63, 3.8) is 0 Å². The number of carbonyl (C=O) groups is 2. The molecular weight excluding hydrogens is 476 g/mol. The molecule has 0 aromatic heterocycles. The van der Waals surface area contributed by atoms with Crippen LogP contribution in [0.25, 0.3) is 0 Å². The van der Waals surface area contributed by atoms with Gasteiger partial charge in [0, 0.05) is 6.07 Å². The van der Waals surface area contributed by atoms with Crippen LogP contribution in [0.4, 0.5) is 0 Å². The fraction of sp³-hybridized carbons (Fsp3) is 0.517. The number of aliphatic hydroxyl groups excluding tert-OH is 2. The van der Waals surface area contributed by atoms with E-state index >= 15 is 0 Å². The van der Waals surface area contributed by atoms with Crippen LogP contribution >= 0.6 is 0 Å². The van der Waals surface area contributed by atoms with Crippen LogP contribution in [-0.4, -0.2) is 61.8 Å². The summed E-state index contributed by atoms with van der Waals surface area (Å²) in [4.78, 5) is 23.3. The maximum Gasteiger partial charge on any atom is 0.335 e. The van der Waals surface area contributed by atoms with Crippen molar-refractivity contribution in [3.8, 4) is 11.5 Å². The molecule has 1 aromatic carbocycles. The fourth-order valence-electron chi connectivity index (χ4n) is 4.20. The smallest absolute Gasteiger partial charge is 0.335 e. The Bertz CT molecular complexity index is 874. The van der Waals surface area contributed by atoms with Gasteiger partial charge in [-0.05, 0) is 75.0 Å². The molecule has 1 aliphatic carbocycles. The summed E-state index contributed by atoms with van der Waals surface area (Å²) in [5.41, 5.74) is 1.10. The molecule has 0 bridgehead atoms. The normalized spacial score (nSPS) is 17.3. The molecule has 2 N–H and O–H groups in total. The molecule has 2 rings (SSSR count). The SMILES string of the molecule is C=C(CO)C(=O)OCCOc1cc(OCCOC(=O)C(=C)CO)cc(C2CCC(CC/C=C/C)CC2)c1. The molecule has 0 aliphatic heterocycles. The van der Waals surface area contributed by atoms with Crippen molar-refractivity contribution in [2.24, 2.45) is 5.92 Å². The second kappa shape index (κ2) is 16.6. The van der Waals surface area contributed by atoms with Gasteiger partial charge in [-0.25, -0.2) is 9.59 Å². The molecule has 0 spiro atoms. The van der Waals surface area contributed by atoms with E-state index in [2.05, 4.69) is 32.2 Å². The molecule has 204 valence electrons. The minimum atomic E-state index is -0.659. The number of ether oxygens (including phenoxy) is 4. The number of hydrogen-bond donors (Lipinski definition) is 2. The van der Waals surface area contributed by atoms with Gasteiger partial charge in [-0.15, -0.1) is 0 Å². The number of esters is 2.